The number of benzene rings is 3. The van der Waals surface area contributed by atoms with E-state index < -0.39 is 0 Å². The second-order valence-electron chi connectivity index (χ2n) is 9.65. The molecule has 1 heterocycles. The van der Waals surface area contributed by atoms with E-state index in [1.165, 1.54) is 19.2 Å². The predicted molar refractivity (Wildman–Crippen MR) is 153 cm³/mol. The highest BCUT2D eigenvalue weighted by Crippen LogP contribution is 2.26. The smallest absolute Gasteiger partial charge is 0.321 e. The first-order valence-corrected chi connectivity index (χ1v) is 13.2. The van der Waals surface area contributed by atoms with Gasteiger partial charge in [0.1, 0.15) is 12.4 Å². The molecule has 3 aromatic rings. The molecule has 0 aromatic heterocycles. The molecule has 0 saturated carbocycles. The molecule has 1 aliphatic heterocycles. The van der Waals surface area contributed by atoms with Gasteiger partial charge in [0.25, 0.3) is 5.91 Å². The SMILES string of the molecule is COCC(=O)Nc1ccc(N2CCCN(C(=O)Nc3cccc(C)c3)CC2)c(C(=O)NCc2ccc(F)cc2)c1. The predicted octanol–water partition coefficient (Wildman–Crippen LogP) is 4.39. The molecule has 0 spiro atoms. The van der Waals surface area contributed by atoms with Crippen molar-refractivity contribution in [2.75, 3.05) is 55.4 Å². The number of ether oxygens (including phenoxy) is 1. The van der Waals surface area contributed by atoms with Gasteiger partial charge in [-0.05, 0) is 66.9 Å². The number of hydrogen-bond acceptors (Lipinski definition) is 5. The Morgan fingerprint density at radius 3 is 2.42 bits per heavy atom. The number of nitrogens with one attached hydrogen (secondary N) is 3. The van der Waals surface area contributed by atoms with Crippen molar-refractivity contribution >= 4 is 34.9 Å². The topological polar surface area (TPSA) is 103 Å². The van der Waals surface area contributed by atoms with E-state index in [9.17, 15) is 18.8 Å². The molecule has 1 aliphatic rings. The molecule has 40 heavy (non-hydrogen) atoms. The van der Waals surface area contributed by atoms with E-state index >= 15 is 0 Å². The zero-order valence-electron chi connectivity index (χ0n) is 22.7. The fourth-order valence-corrected chi connectivity index (χ4v) is 4.57. The Hall–Kier alpha value is -4.44. The zero-order chi connectivity index (χ0) is 28.5. The Labute approximate surface area is 233 Å². The second kappa shape index (κ2) is 13.6. The molecule has 210 valence electrons. The molecule has 0 aliphatic carbocycles. The fraction of sp³-hybridized carbons (Fsp3) is 0.300. The van der Waals surface area contributed by atoms with Crippen LogP contribution in [0.15, 0.2) is 66.7 Å². The number of nitrogens with zero attached hydrogens (tertiary/aromatic N) is 2. The second-order valence-corrected chi connectivity index (χ2v) is 9.65. The number of hydrogen-bond donors (Lipinski definition) is 3. The van der Waals surface area contributed by atoms with Crippen molar-refractivity contribution in [3.8, 4) is 0 Å². The lowest BCUT2D eigenvalue weighted by Gasteiger charge is -2.26. The number of carbonyl (C=O) groups excluding carboxylic acids is 3. The first-order valence-electron chi connectivity index (χ1n) is 13.2. The number of urea groups is 1. The number of carbonyl (C=O) groups is 3. The van der Waals surface area contributed by atoms with Gasteiger partial charge in [-0.1, -0.05) is 24.3 Å². The van der Waals surface area contributed by atoms with Gasteiger partial charge < -0.3 is 30.5 Å². The van der Waals surface area contributed by atoms with Gasteiger partial charge >= 0.3 is 6.03 Å². The Morgan fingerprint density at radius 2 is 1.68 bits per heavy atom. The summed E-state index contributed by atoms with van der Waals surface area (Å²) < 4.78 is 18.2. The van der Waals surface area contributed by atoms with E-state index in [0.717, 1.165) is 16.8 Å². The van der Waals surface area contributed by atoms with Gasteiger partial charge in [0.15, 0.2) is 0 Å². The highest BCUT2D eigenvalue weighted by molar-refractivity contribution is 6.02. The molecule has 0 atom stereocenters. The maximum absolute atomic E-state index is 13.4. The fourth-order valence-electron chi connectivity index (χ4n) is 4.57. The quantitative estimate of drug-likeness (QED) is 0.388. The summed E-state index contributed by atoms with van der Waals surface area (Å²) in [5.74, 6) is -1.02. The molecule has 1 saturated heterocycles. The molecule has 0 radical (unpaired) electrons. The molecule has 1 fully saturated rings. The van der Waals surface area contributed by atoms with Gasteiger partial charge in [-0.2, -0.15) is 0 Å². The van der Waals surface area contributed by atoms with E-state index in [4.69, 9.17) is 4.74 Å². The van der Waals surface area contributed by atoms with E-state index in [-0.39, 0.29) is 36.8 Å². The van der Waals surface area contributed by atoms with Crippen LogP contribution in [0.3, 0.4) is 0 Å². The highest BCUT2D eigenvalue weighted by Gasteiger charge is 2.23. The van der Waals surface area contributed by atoms with Crippen molar-refractivity contribution in [2.45, 2.75) is 19.9 Å². The maximum atomic E-state index is 13.4. The zero-order valence-corrected chi connectivity index (χ0v) is 22.7. The number of aryl methyl sites for hydroxylation is 1. The molecule has 10 heteroatoms. The van der Waals surface area contributed by atoms with Crippen LogP contribution in [0.1, 0.15) is 27.9 Å². The van der Waals surface area contributed by atoms with Gasteiger partial charge in [-0.15, -0.1) is 0 Å². The Balaban J connectivity index is 1.49. The van der Waals surface area contributed by atoms with Crippen molar-refractivity contribution < 1.29 is 23.5 Å². The average Bonchev–Trinajstić information content (AvgIpc) is 3.19. The Kier molecular flexibility index (Phi) is 9.69. The maximum Gasteiger partial charge on any atom is 0.321 e. The largest absolute Gasteiger partial charge is 0.375 e. The summed E-state index contributed by atoms with van der Waals surface area (Å²) in [7, 11) is 1.43. The van der Waals surface area contributed by atoms with Gasteiger partial charge in [-0.25, -0.2) is 9.18 Å². The first-order chi connectivity index (χ1) is 19.3. The van der Waals surface area contributed by atoms with Crippen molar-refractivity contribution in [1.29, 1.82) is 0 Å². The van der Waals surface area contributed by atoms with Gasteiger partial charge in [0.2, 0.25) is 5.91 Å². The molecular formula is C30H34FN5O4. The lowest BCUT2D eigenvalue weighted by atomic mass is 10.1. The third kappa shape index (κ3) is 7.79. The van der Waals surface area contributed by atoms with Gasteiger partial charge in [0.05, 0.1) is 5.56 Å². The monoisotopic (exact) mass is 547 g/mol. The number of anilines is 3. The van der Waals surface area contributed by atoms with Crippen LogP contribution in [0.25, 0.3) is 0 Å². The van der Waals surface area contributed by atoms with Crippen LogP contribution < -0.4 is 20.9 Å². The number of methoxy groups -OCH3 is 1. The molecule has 0 unspecified atom stereocenters. The van der Waals surface area contributed by atoms with Crippen LogP contribution in [0, 0.1) is 12.7 Å². The van der Waals surface area contributed by atoms with Crippen LogP contribution in [-0.2, 0) is 16.1 Å². The van der Waals surface area contributed by atoms with E-state index in [2.05, 4.69) is 20.9 Å². The first kappa shape index (κ1) is 28.6. The van der Waals surface area contributed by atoms with Crippen molar-refractivity contribution in [3.05, 3.63) is 89.2 Å². The minimum absolute atomic E-state index is 0.111. The number of rotatable bonds is 8. The van der Waals surface area contributed by atoms with Crippen LogP contribution in [0.2, 0.25) is 0 Å². The van der Waals surface area contributed by atoms with Crippen molar-refractivity contribution in [3.63, 3.8) is 0 Å². The summed E-state index contributed by atoms with van der Waals surface area (Å²) in [4.78, 5) is 42.3. The Morgan fingerprint density at radius 1 is 0.900 bits per heavy atom. The Bertz CT molecular complexity index is 1350. The summed E-state index contributed by atoms with van der Waals surface area (Å²) in [6, 6.07) is 18.6. The van der Waals surface area contributed by atoms with E-state index in [0.29, 0.717) is 49.5 Å². The molecule has 9 nitrogen and oxygen atoms in total. The minimum atomic E-state index is -0.348. The molecular weight excluding hydrogens is 513 g/mol. The summed E-state index contributed by atoms with van der Waals surface area (Å²) in [6.07, 6.45) is 0.713. The minimum Gasteiger partial charge on any atom is -0.375 e. The molecule has 3 aromatic carbocycles. The lowest BCUT2D eigenvalue weighted by molar-refractivity contribution is -0.119. The van der Waals surface area contributed by atoms with Gasteiger partial charge in [-0.3, -0.25) is 9.59 Å². The average molecular weight is 548 g/mol. The van der Waals surface area contributed by atoms with Crippen molar-refractivity contribution in [2.24, 2.45) is 0 Å². The standard InChI is InChI=1S/C30H34FN5O4/c1-21-5-3-6-24(17-21)34-30(39)36-14-4-13-35(15-16-36)27-12-11-25(33-28(37)20-40-2)18-26(27)29(38)32-19-22-7-9-23(31)10-8-22/h3,5-12,17-18H,4,13-16,19-20H2,1-2H3,(H,32,38)(H,33,37)(H,34,39). The third-order valence-corrected chi connectivity index (χ3v) is 6.56. The molecule has 4 rings (SSSR count). The van der Waals surface area contributed by atoms with Crippen LogP contribution in [0.5, 0.6) is 0 Å². The lowest BCUT2D eigenvalue weighted by Crippen LogP contribution is -2.38. The molecule has 4 amide bonds. The van der Waals surface area contributed by atoms with Gasteiger partial charge in [0, 0.05) is 56.9 Å². The van der Waals surface area contributed by atoms with E-state index in [1.54, 1.807) is 35.2 Å². The number of halogens is 1. The summed E-state index contributed by atoms with van der Waals surface area (Å²) >= 11 is 0. The normalized spacial score (nSPS) is 13.4. The third-order valence-electron chi connectivity index (χ3n) is 6.56. The van der Waals surface area contributed by atoms with E-state index in [1.807, 2.05) is 31.2 Å². The summed E-state index contributed by atoms with van der Waals surface area (Å²) in [5.41, 5.74) is 4.11. The number of amides is 4. The van der Waals surface area contributed by atoms with Crippen molar-refractivity contribution in [1.82, 2.24) is 10.2 Å². The molecule has 3 N–H and O–H groups in total. The van der Waals surface area contributed by atoms with Crippen LogP contribution in [0.4, 0.5) is 26.2 Å². The molecule has 0 bridgehead atoms. The van der Waals surface area contributed by atoms with Crippen LogP contribution in [-0.4, -0.2) is 62.6 Å². The summed E-state index contributed by atoms with van der Waals surface area (Å²) in [6.45, 7) is 4.29. The van der Waals surface area contributed by atoms with Crippen LogP contribution >= 0.6 is 0 Å². The highest BCUT2D eigenvalue weighted by atomic mass is 19.1. The summed E-state index contributed by atoms with van der Waals surface area (Å²) in [5, 5.41) is 8.61.